The number of nitrogens with zero attached hydrogens (tertiary/aromatic N) is 4. The monoisotopic (exact) mass is 379 g/mol. The minimum absolute atomic E-state index is 0.144. The van der Waals surface area contributed by atoms with Crippen molar-refractivity contribution in [1.29, 1.82) is 0 Å². The molecule has 2 aliphatic rings. The summed E-state index contributed by atoms with van der Waals surface area (Å²) in [5, 5.41) is 3.00. The van der Waals surface area contributed by atoms with Gasteiger partial charge in [0.2, 0.25) is 5.95 Å². The molecule has 1 spiro atoms. The van der Waals surface area contributed by atoms with Gasteiger partial charge in [-0.3, -0.25) is 0 Å². The fourth-order valence-corrected chi connectivity index (χ4v) is 4.12. The van der Waals surface area contributed by atoms with Crippen molar-refractivity contribution in [3.05, 3.63) is 48.7 Å². The number of nitrogens with one attached hydrogen (secondary N) is 1. The van der Waals surface area contributed by atoms with Crippen LogP contribution in [0.5, 0.6) is 0 Å². The van der Waals surface area contributed by atoms with E-state index in [4.69, 9.17) is 9.72 Å². The van der Waals surface area contributed by atoms with E-state index in [-0.39, 0.29) is 11.4 Å². The molecule has 0 atom stereocenters. The maximum Gasteiger partial charge on any atom is 0.222 e. The molecule has 1 N–H and O–H groups in total. The van der Waals surface area contributed by atoms with E-state index >= 15 is 0 Å². The number of ether oxygens (including phenoxy) is 1. The summed E-state index contributed by atoms with van der Waals surface area (Å²) >= 11 is 0. The largest absolute Gasteiger partial charge is 0.370 e. The lowest BCUT2D eigenvalue weighted by molar-refractivity contribution is 0.201. The van der Waals surface area contributed by atoms with Gasteiger partial charge in [-0.2, -0.15) is 0 Å². The first-order valence-electron chi connectivity index (χ1n) is 9.65. The molecule has 1 aromatic carbocycles. The van der Waals surface area contributed by atoms with Crippen molar-refractivity contribution < 1.29 is 9.13 Å². The van der Waals surface area contributed by atoms with E-state index < -0.39 is 0 Å². The molecule has 6 nitrogen and oxygen atoms in total. The molecule has 28 heavy (non-hydrogen) atoms. The van der Waals surface area contributed by atoms with Crippen LogP contribution >= 0.6 is 0 Å². The zero-order chi connectivity index (χ0) is 19.1. The standard InChI is InChI=1S/C21H22FN5O/c1-23-20-24-11-8-17(26-20)19-18(14-2-4-15(22)5-3-14)25-13-27(19)16-6-9-21(10-7-16)12-28-21/h2-5,8,11,13,16H,6-7,9-10,12H2,1H3,(H,23,24,26). The predicted molar refractivity (Wildman–Crippen MR) is 104 cm³/mol. The van der Waals surface area contributed by atoms with E-state index in [0.29, 0.717) is 12.0 Å². The van der Waals surface area contributed by atoms with Crippen LogP contribution in [0.4, 0.5) is 10.3 Å². The number of hydrogen-bond acceptors (Lipinski definition) is 5. The van der Waals surface area contributed by atoms with Gasteiger partial charge in [0.15, 0.2) is 0 Å². The average Bonchev–Trinajstić information content (AvgIpc) is 3.34. The molecule has 0 bridgehead atoms. The molecule has 0 amide bonds. The SMILES string of the molecule is CNc1nccc(-c2c(-c3ccc(F)cc3)ncn2C2CCC3(CC2)CO3)n1. The number of aromatic nitrogens is 4. The molecule has 1 aliphatic carbocycles. The van der Waals surface area contributed by atoms with Gasteiger partial charge in [-0.15, -0.1) is 0 Å². The maximum atomic E-state index is 13.4. The lowest BCUT2D eigenvalue weighted by Crippen LogP contribution is -2.23. The van der Waals surface area contributed by atoms with Crippen LogP contribution in [0, 0.1) is 5.82 Å². The van der Waals surface area contributed by atoms with Crippen molar-refractivity contribution in [2.75, 3.05) is 19.0 Å². The molecule has 5 rings (SSSR count). The van der Waals surface area contributed by atoms with E-state index in [1.165, 1.54) is 12.1 Å². The van der Waals surface area contributed by atoms with Crippen molar-refractivity contribution in [2.45, 2.75) is 37.3 Å². The molecular formula is C21H22FN5O. The summed E-state index contributed by atoms with van der Waals surface area (Å²) in [5.41, 5.74) is 3.58. The first kappa shape index (κ1) is 17.3. The van der Waals surface area contributed by atoms with Gasteiger partial charge in [-0.25, -0.2) is 19.3 Å². The van der Waals surface area contributed by atoms with Crippen molar-refractivity contribution in [3.63, 3.8) is 0 Å². The molecule has 1 saturated carbocycles. The Bertz CT molecular complexity index is 986. The Morgan fingerprint density at radius 1 is 1.14 bits per heavy atom. The van der Waals surface area contributed by atoms with Gasteiger partial charge in [0.25, 0.3) is 0 Å². The third-order valence-corrected chi connectivity index (χ3v) is 5.85. The number of halogens is 1. The third-order valence-electron chi connectivity index (χ3n) is 5.85. The Hall–Kier alpha value is -2.80. The molecule has 1 saturated heterocycles. The van der Waals surface area contributed by atoms with Gasteiger partial charge in [0.1, 0.15) is 5.82 Å². The summed E-state index contributed by atoms with van der Waals surface area (Å²) in [4.78, 5) is 13.6. The molecule has 7 heteroatoms. The van der Waals surface area contributed by atoms with Gasteiger partial charge in [0.05, 0.1) is 35.6 Å². The maximum absolute atomic E-state index is 13.4. The van der Waals surface area contributed by atoms with Crippen LogP contribution in [-0.2, 0) is 4.74 Å². The summed E-state index contributed by atoms with van der Waals surface area (Å²) in [6, 6.07) is 8.70. The fraction of sp³-hybridized carbons (Fsp3) is 0.381. The zero-order valence-electron chi connectivity index (χ0n) is 15.7. The quantitative estimate of drug-likeness (QED) is 0.692. The Morgan fingerprint density at radius 3 is 2.57 bits per heavy atom. The highest BCUT2D eigenvalue weighted by Crippen LogP contribution is 2.46. The highest BCUT2D eigenvalue weighted by molar-refractivity contribution is 5.77. The van der Waals surface area contributed by atoms with Crippen LogP contribution < -0.4 is 5.32 Å². The Morgan fingerprint density at radius 2 is 1.89 bits per heavy atom. The Kier molecular flexibility index (Phi) is 4.12. The molecule has 0 unspecified atom stereocenters. The van der Waals surface area contributed by atoms with E-state index in [2.05, 4.69) is 19.9 Å². The first-order valence-corrected chi connectivity index (χ1v) is 9.65. The fourth-order valence-electron chi connectivity index (χ4n) is 4.12. The lowest BCUT2D eigenvalue weighted by atomic mass is 9.86. The van der Waals surface area contributed by atoms with E-state index in [9.17, 15) is 4.39 Å². The van der Waals surface area contributed by atoms with Crippen LogP contribution in [0.1, 0.15) is 31.7 Å². The topological polar surface area (TPSA) is 68.2 Å². The summed E-state index contributed by atoms with van der Waals surface area (Å²) in [5.74, 6) is 0.301. The summed E-state index contributed by atoms with van der Waals surface area (Å²) in [6.45, 7) is 0.898. The first-order chi connectivity index (χ1) is 13.7. The lowest BCUT2D eigenvalue weighted by Gasteiger charge is -2.28. The molecule has 1 aliphatic heterocycles. The number of benzene rings is 1. The van der Waals surface area contributed by atoms with Gasteiger partial charge in [-0.1, -0.05) is 0 Å². The second kappa shape index (κ2) is 6.67. The van der Waals surface area contributed by atoms with Gasteiger partial charge >= 0.3 is 0 Å². The highest BCUT2D eigenvalue weighted by atomic mass is 19.1. The van der Waals surface area contributed by atoms with Crippen LogP contribution in [-0.4, -0.2) is 38.8 Å². The molecule has 2 fully saturated rings. The molecule has 0 radical (unpaired) electrons. The van der Waals surface area contributed by atoms with E-state index in [1.807, 2.05) is 12.4 Å². The Balaban J connectivity index is 1.59. The highest BCUT2D eigenvalue weighted by Gasteiger charge is 2.47. The Labute approximate surface area is 162 Å². The second-order valence-electron chi connectivity index (χ2n) is 7.57. The number of hydrogen-bond donors (Lipinski definition) is 1. The molecule has 2 aromatic heterocycles. The van der Waals surface area contributed by atoms with Crippen LogP contribution in [0.25, 0.3) is 22.6 Å². The second-order valence-corrected chi connectivity index (χ2v) is 7.57. The van der Waals surface area contributed by atoms with Crippen LogP contribution in [0.2, 0.25) is 0 Å². The van der Waals surface area contributed by atoms with E-state index in [0.717, 1.165) is 54.9 Å². The zero-order valence-corrected chi connectivity index (χ0v) is 15.7. The number of rotatable bonds is 4. The predicted octanol–water partition coefficient (Wildman–Crippen LogP) is 4.07. The number of anilines is 1. The van der Waals surface area contributed by atoms with Crippen LogP contribution in [0.3, 0.4) is 0 Å². The molecule has 3 aromatic rings. The van der Waals surface area contributed by atoms with Crippen molar-refractivity contribution in [2.24, 2.45) is 0 Å². The minimum Gasteiger partial charge on any atom is -0.370 e. The van der Waals surface area contributed by atoms with Gasteiger partial charge in [0, 0.05) is 24.8 Å². The number of imidazole rings is 1. The summed E-state index contributed by atoms with van der Waals surface area (Å²) < 4.78 is 21.3. The number of epoxide rings is 1. The van der Waals surface area contributed by atoms with Gasteiger partial charge < -0.3 is 14.6 Å². The molecule has 3 heterocycles. The van der Waals surface area contributed by atoms with Crippen LogP contribution in [0.15, 0.2) is 42.9 Å². The summed E-state index contributed by atoms with van der Waals surface area (Å²) in [7, 11) is 1.80. The van der Waals surface area contributed by atoms with Crippen molar-refractivity contribution in [3.8, 4) is 22.6 Å². The third kappa shape index (κ3) is 3.05. The summed E-state index contributed by atoms with van der Waals surface area (Å²) in [6.07, 6.45) is 7.89. The molecular weight excluding hydrogens is 357 g/mol. The van der Waals surface area contributed by atoms with Gasteiger partial charge in [-0.05, 0) is 56.0 Å². The van der Waals surface area contributed by atoms with Crippen molar-refractivity contribution >= 4 is 5.95 Å². The minimum atomic E-state index is -0.258. The normalized spacial score (nSPS) is 23.7. The van der Waals surface area contributed by atoms with Crippen molar-refractivity contribution in [1.82, 2.24) is 19.5 Å². The molecule has 144 valence electrons. The average molecular weight is 379 g/mol. The smallest absolute Gasteiger partial charge is 0.222 e. The van der Waals surface area contributed by atoms with E-state index in [1.54, 1.807) is 25.4 Å².